The van der Waals surface area contributed by atoms with Crippen molar-refractivity contribution in [3.8, 4) is 0 Å². The van der Waals surface area contributed by atoms with Crippen LogP contribution in [-0.2, 0) is 24.0 Å². The van der Waals surface area contributed by atoms with Crippen molar-refractivity contribution in [2.75, 3.05) is 6.54 Å². The number of aliphatic carboxylic acids is 1. The highest BCUT2D eigenvalue weighted by Crippen LogP contribution is 2.18. The zero-order chi connectivity index (χ0) is 29.3. The number of carbonyl (C=O) groups is 5. The van der Waals surface area contributed by atoms with Crippen molar-refractivity contribution in [1.82, 2.24) is 21.3 Å². The van der Waals surface area contributed by atoms with Gasteiger partial charge >= 0.3 is 5.97 Å². The van der Waals surface area contributed by atoms with E-state index in [1.54, 1.807) is 13.8 Å². The Kier molecular flexibility index (Phi) is 11.9. The lowest BCUT2D eigenvalue weighted by Gasteiger charge is -2.27. The monoisotopic (exact) mass is 566 g/mol. The summed E-state index contributed by atoms with van der Waals surface area (Å²) in [6, 6.07) is 0.583. The first-order valence-corrected chi connectivity index (χ1v) is 13.2. The maximum absolute atomic E-state index is 14.0. The molecule has 0 aromatic heterocycles. The summed E-state index contributed by atoms with van der Waals surface area (Å²) >= 11 is 5.74. The summed E-state index contributed by atoms with van der Waals surface area (Å²) in [6.07, 6.45) is 2.95. The van der Waals surface area contributed by atoms with Crippen LogP contribution in [0.3, 0.4) is 0 Å². The lowest BCUT2D eigenvalue weighted by atomic mass is 9.97. The van der Waals surface area contributed by atoms with Crippen LogP contribution in [0, 0.1) is 23.6 Å². The fourth-order valence-electron chi connectivity index (χ4n) is 4.15. The molecule has 1 aliphatic heterocycles. The van der Waals surface area contributed by atoms with Crippen molar-refractivity contribution >= 4 is 47.3 Å². The second-order valence-corrected chi connectivity index (χ2v) is 10.8. The molecule has 12 heteroatoms. The van der Waals surface area contributed by atoms with E-state index in [9.17, 15) is 33.5 Å². The second kappa shape index (κ2) is 14.6. The number of rotatable bonds is 13. The van der Waals surface area contributed by atoms with Crippen molar-refractivity contribution in [2.24, 2.45) is 17.8 Å². The van der Waals surface area contributed by atoms with Crippen LogP contribution in [0.5, 0.6) is 0 Å². The highest BCUT2D eigenvalue weighted by Gasteiger charge is 2.34. The van der Waals surface area contributed by atoms with E-state index in [1.807, 2.05) is 13.8 Å². The normalized spacial score (nSPS) is 17.5. The minimum atomic E-state index is -1.31. The SMILES string of the molecule is CC(C)C[C@H](NC(=O)[C@@H](NC(=O)/C=C/c1ccc(Cl)cc1F)C(C)C)C(=O)N[C@@H](C[C@@H]1CCNC1=O)C(=O)O. The van der Waals surface area contributed by atoms with Gasteiger partial charge in [0.15, 0.2) is 0 Å². The Morgan fingerprint density at radius 1 is 1.10 bits per heavy atom. The van der Waals surface area contributed by atoms with Gasteiger partial charge in [0.2, 0.25) is 23.6 Å². The summed E-state index contributed by atoms with van der Waals surface area (Å²) in [5.74, 6) is -5.06. The molecule has 1 saturated heterocycles. The van der Waals surface area contributed by atoms with Crippen LogP contribution in [0.4, 0.5) is 4.39 Å². The van der Waals surface area contributed by atoms with Crippen molar-refractivity contribution in [2.45, 2.75) is 65.1 Å². The Morgan fingerprint density at radius 2 is 1.77 bits per heavy atom. The number of benzene rings is 1. The van der Waals surface area contributed by atoms with E-state index < -0.39 is 53.6 Å². The predicted octanol–water partition coefficient (Wildman–Crippen LogP) is 2.26. The highest BCUT2D eigenvalue weighted by atomic mass is 35.5. The van der Waals surface area contributed by atoms with Gasteiger partial charge in [-0.15, -0.1) is 0 Å². The summed E-state index contributed by atoms with van der Waals surface area (Å²) in [4.78, 5) is 62.4. The van der Waals surface area contributed by atoms with Crippen LogP contribution in [0.2, 0.25) is 5.02 Å². The molecule has 1 fully saturated rings. The fourth-order valence-corrected chi connectivity index (χ4v) is 4.31. The molecule has 1 heterocycles. The van der Waals surface area contributed by atoms with E-state index in [2.05, 4.69) is 21.3 Å². The van der Waals surface area contributed by atoms with Crippen LogP contribution in [0.15, 0.2) is 24.3 Å². The number of carboxylic acids is 1. The van der Waals surface area contributed by atoms with Gasteiger partial charge in [-0.05, 0) is 49.3 Å². The zero-order valence-electron chi connectivity index (χ0n) is 22.4. The van der Waals surface area contributed by atoms with Crippen LogP contribution in [0.1, 0.15) is 52.5 Å². The Bertz CT molecular complexity index is 1110. The molecule has 4 amide bonds. The van der Waals surface area contributed by atoms with E-state index >= 15 is 0 Å². The Balaban J connectivity index is 2.10. The molecule has 0 aliphatic carbocycles. The first-order chi connectivity index (χ1) is 18.3. The zero-order valence-corrected chi connectivity index (χ0v) is 23.2. The molecule has 0 unspecified atom stereocenters. The molecule has 39 heavy (non-hydrogen) atoms. The van der Waals surface area contributed by atoms with Crippen LogP contribution >= 0.6 is 11.6 Å². The van der Waals surface area contributed by atoms with Crippen LogP contribution < -0.4 is 21.3 Å². The summed E-state index contributed by atoms with van der Waals surface area (Å²) < 4.78 is 14.0. The van der Waals surface area contributed by atoms with Gasteiger partial charge in [-0.3, -0.25) is 19.2 Å². The number of hydrogen-bond acceptors (Lipinski definition) is 5. The molecule has 1 aromatic rings. The van der Waals surface area contributed by atoms with Crippen LogP contribution in [0.25, 0.3) is 6.08 Å². The molecule has 1 aromatic carbocycles. The standard InChI is InChI=1S/C27H36ClFN4O6/c1-14(2)11-20(25(36)32-21(27(38)39)12-17-9-10-30-24(17)35)31-26(37)23(15(3)4)33-22(34)8-6-16-5-7-18(28)13-19(16)29/h5-8,13-15,17,20-21,23H,9-12H2,1-4H3,(H,30,35)(H,31,37)(H,32,36)(H,33,34)(H,38,39)/b8-6+/t17-,20-,21-,23-/m0/s1. The molecular weight excluding hydrogens is 531 g/mol. The molecule has 0 bridgehead atoms. The Labute approximate surface area is 232 Å². The average Bonchev–Trinajstić information content (AvgIpc) is 3.24. The third-order valence-electron chi connectivity index (χ3n) is 6.26. The predicted molar refractivity (Wildman–Crippen MR) is 144 cm³/mol. The summed E-state index contributed by atoms with van der Waals surface area (Å²) in [7, 11) is 0. The van der Waals surface area contributed by atoms with E-state index in [4.69, 9.17) is 11.6 Å². The maximum Gasteiger partial charge on any atom is 0.326 e. The minimum absolute atomic E-state index is 0.0331. The fraction of sp³-hybridized carbons (Fsp3) is 0.519. The molecular formula is C27H36ClFN4O6. The average molecular weight is 567 g/mol. The Hall–Kier alpha value is -3.47. The largest absolute Gasteiger partial charge is 0.480 e. The van der Waals surface area contributed by atoms with E-state index in [1.165, 1.54) is 18.2 Å². The second-order valence-electron chi connectivity index (χ2n) is 10.3. The number of hydrogen-bond donors (Lipinski definition) is 5. The van der Waals surface area contributed by atoms with Gasteiger partial charge in [-0.1, -0.05) is 45.4 Å². The molecule has 0 saturated carbocycles. The number of halogens is 2. The van der Waals surface area contributed by atoms with Crippen molar-refractivity contribution in [1.29, 1.82) is 0 Å². The summed E-state index contributed by atoms with van der Waals surface area (Å²) in [5, 5.41) is 20.1. The summed E-state index contributed by atoms with van der Waals surface area (Å²) in [5.41, 5.74) is 0.136. The smallest absolute Gasteiger partial charge is 0.326 e. The van der Waals surface area contributed by atoms with E-state index in [0.29, 0.717) is 13.0 Å². The minimum Gasteiger partial charge on any atom is -0.480 e. The van der Waals surface area contributed by atoms with E-state index in [0.717, 1.165) is 12.1 Å². The molecule has 214 valence electrons. The van der Waals surface area contributed by atoms with Gasteiger partial charge in [-0.25, -0.2) is 9.18 Å². The first-order valence-electron chi connectivity index (χ1n) is 12.8. The summed E-state index contributed by atoms with van der Waals surface area (Å²) in [6.45, 7) is 7.54. The first kappa shape index (κ1) is 31.7. The van der Waals surface area contributed by atoms with Gasteiger partial charge in [-0.2, -0.15) is 0 Å². The van der Waals surface area contributed by atoms with Crippen molar-refractivity contribution in [3.63, 3.8) is 0 Å². The molecule has 1 aliphatic rings. The van der Waals surface area contributed by atoms with Gasteiger partial charge in [0.25, 0.3) is 0 Å². The van der Waals surface area contributed by atoms with Crippen molar-refractivity contribution in [3.05, 3.63) is 40.7 Å². The van der Waals surface area contributed by atoms with Gasteiger partial charge in [0.1, 0.15) is 23.9 Å². The van der Waals surface area contributed by atoms with E-state index in [-0.39, 0.29) is 41.2 Å². The number of nitrogens with one attached hydrogen (secondary N) is 4. The topological polar surface area (TPSA) is 154 Å². The lowest BCUT2D eigenvalue weighted by Crippen LogP contribution is -2.57. The molecule has 10 nitrogen and oxygen atoms in total. The number of carbonyl (C=O) groups excluding carboxylic acids is 4. The molecule has 2 rings (SSSR count). The molecule has 0 spiro atoms. The third kappa shape index (κ3) is 9.97. The molecule has 4 atom stereocenters. The lowest BCUT2D eigenvalue weighted by molar-refractivity contribution is -0.143. The maximum atomic E-state index is 14.0. The van der Waals surface area contributed by atoms with Crippen LogP contribution in [-0.4, -0.2) is 59.4 Å². The Morgan fingerprint density at radius 3 is 2.31 bits per heavy atom. The van der Waals surface area contributed by atoms with Gasteiger partial charge < -0.3 is 26.4 Å². The quantitative estimate of drug-likeness (QED) is 0.231. The van der Waals surface area contributed by atoms with Crippen molar-refractivity contribution < 1.29 is 33.5 Å². The number of amides is 4. The molecule has 5 N–H and O–H groups in total. The number of carboxylic acid groups (broad SMARTS) is 1. The highest BCUT2D eigenvalue weighted by molar-refractivity contribution is 6.30. The molecule has 0 radical (unpaired) electrons. The third-order valence-corrected chi connectivity index (χ3v) is 6.50. The van der Waals surface area contributed by atoms with Gasteiger partial charge in [0, 0.05) is 29.1 Å². The van der Waals surface area contributed by atoms with Gasteiger partial charge in [0.05, 0.1) is 0 Å².